The minimum atomic E-state index is 0.138. The molecular weight excluding hydrogens is 1800 g/mol. The number of hydrogen-bond donors (Lipinski definition) is 4. The van der Waals surface area contributed by atoms with Crippen LogP contribution >= 0.6 is 0 Å². The number of ether oxygens (including phenoxy) is 3. The second kappa shape index (κ2) is 63.7. The van der Waals surface area contributed by atoms with Gasteiger partial charge in [0, 0.05) is 146 Å². The normalized spacial score (nSPS) is 14.4. The predicted molar refractivity (Wildman–Crippen MR) is 597 cm³/mol. The third-order valence-corrected chi connectivity index (χ3v) is 24.1. The van der Waals surface area contributed by atoms with Gasteiger partial charge in [-0.25, -0.2) is 24.6 Å². The van der Waals surface area contributed by atoms with Crippen LogP contribution in [0.5, 0.6) is 11.5 Å². The van der Waals surface area contributed by atoms with Crippen LogP contribution in [0, 0.1) is 60.1 Å². The lowest BCUT2D eigenvalue weighted by Crippen LogP contribution is -2.40. The van der Waals surface area contributed by atoms with E-state index in [0.29, 0.717) is 134 Å². The molecule has 4 aliphatic heterocycles. The number of benzene rings is 3. The zero-order chi connectivity index (χ0) is 108. The number of allylic oxidation sites excluding steroid dienone is 2. The molecule has 24 nitrogen and oxygen atoms in total. The number of carbonyl (C=O) groups excluding carboxylic acids is 6. The molecule has 0 spiro atoms. The standard InChI is InChI=1S/C18H24N2O3.C16H21NO.C15H20N2O.C13H22N2.C11H21NO2.C11H21NO.C11H18O.C10H18N4.C8H18O.C7H16O/c1-18(2,3)7-6-12(21)8-14-13-9-16(22-4)17(23-5)10-15(13)20-11-19-14;1-16(2,3)7-6-15(18)9-12-4-5-13-10-17-11-14(13)8-12;1-15(2,3)7-6-13(18)9-11-4-5-14-12(8-11)10-16-17-14;1-13(2,3)9-5-7-11-15-12-8-4-6-10-14-12;1-11(2,3)5-4-10(13)12-6-8-14-9-7-12;1-11(2,3)7-6-10(13)12-8-4-5-9-12;1-11(2,3)7-6-10(12)8-9-4-5-9;1-10(2,3)7-13-4-5-14-9(6-13)11-8-12-14;1-8(2,3)6-4-5-7-9;1-7(2,3)5-4-6-8/h9-11H,6-8H2,1-5H3;4-5,8,10H,6-7,9,11H2,1-3H3;4-5,8,10H,6-7,9H2,1-3H3,(H,16,17);4,6,8,10H,5,7,9,11H2,1-3H3,(H,14,15);4-9H2,1-3H3;4-9H2,1-3H3;6-7,9H,4-5,8H2,1-3H3;8H,4-7H2,1-3H3;9H,4-7H2,1-3H3;8H,4-6H2,1-3H3/b;;;;;;7-6+;;;. The summed E-state index contributed by atoms with van der Waals surface area (Å²) >= 11 is 0. The predicted octanol–water partition coefficient (Wildman–Crippen LogP) is 26.6. The van der Waals surface area contributed by atoms with Crippen LogP contribution in [0.3, 0.4) is 0 Å². The van der Waals surface area contributed by atoms with Gasteiger partial charge in [-0.05, 0) is 215 Å². The van der Waals surface area contributed by atoms with Crippen molar-refractivity contribution < 1.29 is 53.2 Å². The molecule has 810 valence electrons. The first-order chi connectivity index (χ1) is 66.9. The molecule has 8 heterocycles. The monoisotopic (exact) mass is 2000 g/mol. The Morgan fingerprint density at radius 1 is 0.500 bits per heavy atom. The van der Waals surface area contributed by atoms with Crippen molar-refractivity contribution in [3.63, 3.8) is 0 Å². The molecular formula is C120H199N13O11. The number of morpholine rings is 1. The zero-order valence-corrected chi connectivity index (χ0v) is 96.2. The van der Waals surface area contributed by atoms with Crippen molar-refractivity contribution in [1.29, 1.82) is 0 Å². The number of carbonyl (C=O) groups is 6. The fraction of sp³-hybridized carbons (Fsp3) is 0.692. The maximum absolute atomic E-state index is 12.3. The van der Waals surface area contributed by atoms with E-state index in [1.54, 1.807) is 38.9 Å². The fourth-order valence-corrected chi connectivity index (χ4v) is 15.2. The van der Waals surface area contributed by atoms with Gasteiger partial charge < -0.3 is 39.5 Å². The largest absolute Gasteiger partial charge is 0.493 e. The van der Waals surface area contributed by atoms with E-state index in [4.69, 9.17) is 24.4 Å². The average molecular weight is 2000 g/mol. The van der Waals surface area contributed by atoms with Crippen LogP contribution in [-0.4, -0.2) is 192 Å². The molecule has 2 amide bonds. The number of anilines is 1. The Labute approximate surface area is 871 Å². The summed E-state index contributed by atoms with van der Waals surface area (Å²) in [6.07, 6.45) is 36.6. The van der Waals surface area contributed by atoms with E-state index in [-0.39, 0.29) is 44.2 Å². The zero-order valence-electron chi connectivity index (χ0n) is 96.2. The topological polar surface area (TPSA) is 303 Å². The van der Waals surface area contributed by atoms with Gasteiger partial charge in [-0.1, -0.05) is 257 Å². The van der Waals surface area contributed by atoms with E-state index in [1.807, 2.05) is 81.5 Å². The smallest absolute Gasteiger partial charge is 0.222 e. The highest BCUT2D eigenvalue weighted by molar-refractivity contribution is 5.91. The number of methoxy groups -OCH3 is 2. The average Bonchev–Trinajstić information content (AvgIpc) is 0.950. The Morgan fingerprint density at radius 3 is 1.49 bits per heavy atom. The van der Waals surface area contributed by atoms with Crippen LogP contribution in [0.4, 0.5) is 5.82 Å². The molecule has 0 atom stereocenters. The van der Waals surface area contributed by atoms with Crippen LogP contribution in [-0.2, 0) is 72.4 Å². The summed E-state index contributed by atoms with van der Waals surface area (Å²) in [5.74, 6) is 5.78. The summed E-state index contributed by atoms with van der Waals surface area (Å²) in [6.45, 7) is 77.2. The number of pyridine rings is 1. The van der Waals surface area contributed by atoms with E-state index in [0.717, 1.165) is 186 Å². The van der Waals surface area contributed by atoms with Gasteiger partial charge in [0.2, 0.25) is 11.8 Å². The second-order valence-corrected chi connectivity index (χ2v) is 51.6. The Balaban J connectivity index is 0.000000416. The molecule has 4 N–H and O–H groups in total. The van der Waals surface area contributed by atoms with Crippen LogP contribution in [0.1, 0.15) is 389 Å². The van der Waals surface area contributed by atoms with E-state index >= 15 is 0 Å². The highest BCUT2D eigenvalue weighted by Crippen LogP contribution is 2.36. The summed E-state index contributed by atoms with van der Waals surface area (Å²) < 4.78 is 17.8. The Hall–Kier alpha value is -8.97. The number of unbranched alkanes of at least 4 members (excludes halogenated alkanes) is 2. The maximum atomic E-state index is 12.3. The molecule has 0 radical (unpaired) electrons. The summed E-state index contributed by atoms with van der Waals surface area (Å²) in [6, 6.07) is 21.8. The number of fused-ring (bicyclic) bond motifs is 4. The molecule has 3 fully saturated rings. The number of ketones is 4. The summed E-state index contributed by atoms with van der Waals surface area (Å²) in [5.41, 5.74) is 10.1. The van der Waals surface area contributed by atoms with Gasteiger partial charge in [0.25, 0.3) is 0 Å². The van der Waals surface area contributed by atoms with Gasteiger partial charge in [-0.2, -0.15) is 10.2 Å². The molecule has 144 heavy (non-hydrogen) atoms. The van der Waals surface area contributed by atoms with Crippen molar-refractivity contribution in [2.75, 3.05) is 91.8 Å². The minimum absolute atomic E-state index is 0.138. The molecule has 12 rings (SSSR count). The van der Waals surface area contributed by atoms with Crippen molar-refractivity contribution in [2.24, 2.45) is 65.1 Å². The SMILES string of the molecule is CC(C)(C)/C=C/C(=O)CC1CC1.CC(C)(C)CCC(=O)Cc1ccc2[nH]ncc2c1.CC(C)(C)CCC(=O)Cc1ccc2c(c1)CN=C2.CC(C)(C)CCC(=O)N1CCCC1.CC(C)(C)CCC(=O)N1CCOCC1.CC(C)(C)CCCCNc1ccccn1.CC(C)(C)CCCCO.CC(C)(C)CCCO.CC(C)(C)CN1CCn2ncnc2C1.COc1cc2ncnc(CC(=O)CCC(C)(C)C)c2cc1OC. The Kier molecular flexibility index (Phi) is 57.1. The molecule has 5 aliphatic rings. The molecule has 1 saturated carbocycles. The van der Waals surface area contributed by atoms with Crippen molar-refractivity contribution in [3.8, 4) is 11.5 Å². The van der Waals surface area contributed by atoms with Gasteiger partial charge in [0.1, 0.15) is 41.6 Å². The molecule has 24 heteroatoms. The lowest BCUT2D eigenvalue weighted by Gasteiger charge is -2.32. The summed E-state index contributed by atoms with van der Waals surface area (Å²) in [4.78, 5) is 98.3. The number of aromatic amines is 1. The van der Waals surface area contributed by atoms with E-state index in [1.165, 1.54) is 68.8 Å². The summed E-state index contributed by atoms with van der Waals surface area (Å²) in [7, 11) is 3.17. The van der Waals surface area contributed by atoms with Crippen molar-refractivity contribution in [1.82, 2.24) is 54.6 Å². The Morgan fingerprint density at radius 2 is 1.00 bits per heavy atom. The first-order valence-electron chi connectivity index (χ1n) is 53.7. The minimum Gasteiger partial charge on any atom is -0.493 e. The molecule has 3 aromatic carbocycles. The number of aromatic nitrogens is 8. The number of hydrogen-bond acceptors (Lipinski definition) is 20. The third-order valence-electron chi connectivity index (χ3n) is 24.1. The number of aliphatic imine (C=N–C) groups is 1. The number of rotatable bonds is 32. The van der Waals surface area contributed by atoms with Gasteiger partial charge in [-0.15, -0.1) is 0 Å². The number of amides is 2. The number of aliphatic hydroxyl groups is 2. The van der Waals surface area contributed by atoms with E-state index in [2.05, 4.69) is 270 Å². The van der Waals surface area contributed by atoms with Gasteiger partial charge >= 0.3 is 0 Å². The highest BCUT2D eigenvalue weighted by Gasteiger charge is 2.28. The van der Waals surface area contributed by atoms with Gasteiger partial charge in [0.05, 0.1) is 70.0 Å². The number of Topliss-reactive ketones (excluding diaryl/α,β-unsaturated/α-hetero) is 3. The quantitative estimate of drug-likeness (QED) is 0.0225. The molecule has 0 bridgehead atoms. The first kappa shape index (κ1) is 129. The number of H-pyrrole nitrogens is 1. The van der Waals surface area contributed by atoms with Gasteiger partial charge in [-0.3, -0.25) is 43.8 Å². The van der Waals surface area contributed by atoms with Gasteiger partial charge in [0.15, 0.2) is 17.3 Å². The third kappa shape index (κ3) is 64.9. The van der Waals surface area contributed by atoms with E-state index in [9.17, 15) is 28.8 Å². The molecule has 0 unspecified atom stereocenters. The van der Waals surface area contributed by atoms with Crippen LogP contribution in [0.25, 0.3) is 21.8 Å². The molecule has 2 saturated heterocycles. The number of nitrogens with one attached hydrogen (secondary N) is 2. The van der Waals surface area contributed by atoms with Crippen LogP contribution in [0.2, 0.25) is 0 Å². The van der Waals surface area contributed by atoms with Crippen LogP contribution in [0.15, 0.2) is 109 Å². The first-order valence-corrected chi connectivity index (χ1v) is 53.7. The molecule has 1 aliphatic carbocycles. The molecule has 7 aromatic rings. The van der Waals surface area contributed by atoms with E-state index < -0.39 is 0 Å². The maximum Gasteiger partial charge on any atom is 0.222 e. The lowest BCUT2D eigenvalue weighted by molar-refractivity contribution is -0.136. The number of likely N-dealkylation sites (tertiary alicyclic amines) is 1. The van der Waals surface area contributed by atoms with Crippen LogP contribution < -0.4 is 14.8 Å². The van der Waals surface area contributed by atoms with Crippen molar-refractivity contribution >= 4 is 68.8 Å². The van der Waals surface area contributed by atoms with Crippen molar-refractivity contribution in [3.05, 3.63) is 138 Å². The second-order valence-electron chi connectivity index (χ2n) is 51.6. The number of aliphatic hydroxyl groups excluding tert-OH is 2. The fourth-order valence-electron chi connectivity index (χ4n) is 15.2. The number of nitrogens with zero attached hydrogens (tertiary/aromatic N) is 11. The molecule has 4 aromatic heterocycles. The lowest BCUT2D eigenvalue weighted by atomic mass is 9.88. The summed E-state index contributed by atoms with van der Waals surface area (Å²) in [5, 5.41) is 33.2. The highest BCUT2D eigenvalue weighted by atomic mass is 16.5. The Bertz CT molecular complexity index is 4890. The van der Waals surface area contributed by atoms with Crippen molar-refractivity contribution in [2.45, 2.75) is 394 Å².